The van der Waals surface area contributed by atoms with Crippen molar-refractivity contribution in [2.45, 2.75) is 0 Å². The van der Waals surface area contributed by atoms with Crippen LogP contribution in [0.1, 0.15) is 10.5 Å². The summed E-state index contributed by atoms with van der Waals surface area (Å²) in [5, 5.41) is 8.98. The molecule has 0 atom stereocenters. The Morgan fingerprint density at radius 1 is 1.47 bits per heavy atom. The van der Waals surface area contributed by atoms with E-state index < -0.39 is 5.97 Å². The molecule has 0 bridgehead atoms. The average Bonchev–Trinajstić information content (AvgIpc) is 2.98. The van der Waals surface area contributed by atoms with Gasteiger partial charge in [-0.2, -0.15) is 0 Å². The molecule has 0 radical (unpaired) electrons. The van der Waals surface area contributed by atoms with Gasteiger partial charge >= 0.3 is 5.97 Å². The molecule has 0 aliphatic rings. The van der Waals surface area contributed by atoms with Gasteiger partial charge in [0, 0.05) is 5.56 Å². The predicted octanol–water partition coefficient (Wildman–Crippen LogP) is 1.92. The molecule has 3 heterocycles. The first kappa shape index (κ1) is 9.59. The number of fused-ring (bicyclic) bond motifs is 1. The summed E-state index contributed by atoms with van der Waals surface area (Å²) in [6.45, 7) is 0. The van der Waals surface area contributed by atoms with Crippen LogP contribution in [0.2, 0.25) is 0 Å². The zero-order valence-corrected chi connectivity index (χ0v) is 8.54. The van der Waals surface area contributed by atoms with Gasteiger partial charge in [0.2, 0.25) is 0 Å². The van der Waals surface area contributed by atoms with Crippen molar-refractivity contribution in [2.75, 3.05) is 0 Å². The van der Waals surface area contributed by atoms with Crippen LogP contribution in [0.4, 0.5) is 0 Å². The maximum absolute atomic E-state index is 11.0. The van der Waals surface area contributed by atoms with E-state index in [4.69, 9.17) is 9.52 Å². The third-order valence-electron chi connectivity index (χ3n) is 2.42. The highest BCUT2D eigenvalue weighted by atomic mass is 16.4. The van der Waals surface area contributed by atoms with Crippen molar-refractivity contribution in [1.82, 2.24) is 15.0 Å². The summed E-state index contributed by atoms with van der Waals surface area (Å²) in [6.07, 6.45) is 4.51. The fourth-order valence-electron chi connectivity index (χ4n) is 1.66. The topological polar surface area (TPSA) is 92.0 Å². The van der Waals surface area contributed by atoms with Crippen molar-refractivity contribution in [2.24, 2.45) is 0 Å². The molecule has 0 aliphatic carbocycles. The number of carboxylic acid groups (broad SMARTS) is 1. The van der Waals surface area contributed by atoms with Crippen molar-refractivity contribution in [3.63, 3.8) is 0 Å². The molecule has 84 valence electrons. The molecular weight excluding hydrogens is 222 g/mol. The zero-order valence-electron chi connectivity index (χ0n) is 8.54. The molecule has 0 spiro atoms. The summed E-state index contributed by atoms with van der Waals surface area (Å²) in [5.74, 6) is -1.08. The van der Waals surface area contributed by atoms with Crippen molar-refractivity contribution in [3.05, 3.63) is 36.7 Å². The Labute approximate surface area is 94.9 Å². The standard InChI is InChI=1S/C11H7N3O3/c15-11(16)8-3-7-10(13-5-12-7)9(14-8)6-1-2-17-4-6/h1-5H,(H,12,13)(H,15,16). The van der Waals surface area contributed by atoms with Crippen LogP contribution < -0.4 is 0 Å². The molecule has 0 fully saturated rings. The second-order valence-corrected chi connectivity index (χ2v) is 3.47. The lowest BCUT2D eigenvalue weighted by Crippen LogP contribution is -2.01. The number of rotatable bonds is 2. The van der Waals surface area contributed by atoms with Crippen LogP contribution in [0.25, 0.3) is 22.3 Å². The Bertz CT molecular complexity index is 685. The molecular formula is C11H7N3O3. The number of hydrogen-bond acceptors (Lipinski definition) is 4. The number of H-pyrrole nitrogens is 1. The summed E-state index contributed by atoms with van der Waals surface area (Å²) >= 11 is 0. The van der Waals surface area contributed by atoms with E-state index in [-0.39, 0.29) is 5.69 Å². The van der Waals surface area contributed by atoms with Gasteiger partial charge in [-0.05, 0) is 12.1 Å². The van der Waals surface area contributed by atoms with E-state index in [2.05, 4.69) is 15.0 Å². The summed E-state index contributed by atoms with van der Waals surface area (Å²) in [7, 11) is 0. The van der Waals surface area contributed by atoms with Gasteiger partial charge in [-0.25, -0.2) is 14.8 Å². The maximum Gasteiger partial charge on any atom is 0.354 e. The van der Waals surface area contributed by atoms with Gasteiger partial charge in [0.1, 0.15) is 11.2 Å². The number of furan rings is 1. The predicted molar refractivity (Wildman–Crippen MR) is 58.6 cm³/mol. The average molecular weight is 229 g/mol. The first-order valence-corrected chi connectivity index (χ1v) is 4.85. The second kappa shape index (κ2) is 3.44. The summed E-state index contributed by atoms with van der Waals surface area (Å²) in [6, 6.07) is 3.16. The van der Waals surface area contributed by atoms with E-state index in [9.17, 15) is 4.79 Å². The largest absolute Gasteiger partial charge is 0.477 e. The number of imidazole rings is 1. The fourth-order valence-corrected chi connectivity index (χ4v) is 1.66. The van der Waals surface area contributed by atoms with Crippen LogP contribution >= 0.6 is 0 Å². The number of pyridine rings is 1. The molecule has 2 N–H and O–H groups in total. The summed E-state index contributed by atoms with van der Waals surface area (Å²) in [5.41, 5.74) is 2.42. The van der Waals surface area contributed by atoms with Crippen molar-refractivity contribution >= 4 is 17.0 Å². The summed E-state index contributed by atoms with van der Waals surface area (Å²) < 4.78 is 4.97. The lowest BCUT2D eigenvalue weighted by atomic mass is 10.1. The van der Waals surface area contributed by atoms with Gasteiger partial charge in [-0.1, -0.05) is 0 Å². The van der Waals surface area contributed by atoms with Crippen molar-refractivity contribution in [3.8, 4) is 11.3 Å². The lowest BCUT2D eigenvalue weighted by Gasteiger charge is -2.00. The number of aromatic nitrogens is 3. The molecule has 0 aliphatic heterocycles. The highest BCUT2D eigenvalue weighted by molar-refractivity contribution is 5.95. The van der Waals surface area contributed by atoms with Crippen LogP contribution in [0.5, 0.6) is 0 Å². The fraction of sp³-hybridized carbons (Fsp3) is 0. The maximum atomic E-state index is 11.0. The Balaban J connectivity index is 2.35. The minimum Gasteiger partial charge on any atom is -0.477 e. The minimum absolute atomic E-state index is 0.0297. The highest BCUT2D eigenvalue weighted by Gasteiger charge is 2.14. The van der Waals surface area contributed by atoms with Crippen LogP contribution in [-0.2, 0) is 0 Å². The van der Waals surface area contributed by atoms with Crippen molar-refractivity contribution < 1.29 is 14.3 Å². The SMILES string of the molecule is O=C(O)c1cc2[nH]cnc2c(-c2ccoc2)n1. The first-order chi connectivity index (χ1) is 8.25. The van der Waals surface area contributed by atoms with Crippen molar-refractivity contribution in [1.29, 1.82) is 0 Å². The molecule has 0 amide bonds. The third kappa shape index (κ3) is 1.46. The third-order valence-corrected chi connectivity index (χ3v) is 2.42. The van der Waals surface area contributed by atoms with Gasteiger partial charge in [0.25, 0.3) is 0 Å². The number of hydrogen-bond donors (Lipinski definition) is 2. The van der Waals surface area contributed by atoms with Gasteiger partial charge < -0.3 is 14.5 Å². The number of nitrogens with zero attached hydrogens (tertiary/aromatic N) is 2. The Kier molecular flexibility index (Phi) is 1.94. The molecule has 0 saturated heterocycles. The molecule has 0 saturated carbocycles. The highest BCUT2D eigenvalue weighted by Crippen LogP contribution is 2.25. The van der Waals surface area contributed by atoms with E-state index in [0.29, 0.717) is 22.3 Å². The van der Waals surface area contributed by atoms with Gasteiger partial charge in [-0.3, -0.25) is 0 Å². The first-order valence-electron chi connectivity index (χ1n) is 4.85. The molecule has 6 heteroatoms. The van der Waals surface area contributed by atoms with Crippen LogP contribution in [0.15, 0.2) is 35.4 Å². The van der Waals surface area contributed by atoms with Gasteiger partial charge in [-0.15, -0.1) is 0 Å². The van der Waals surface area contributed by atoms with E-state index in [0.717, 1.165) is 0 Å². The van der Waals surface area contributed by atoms with E-state index in [1.54, 1.807) is 6.07 Å². The molecule has 0 unspecified atom stereocenters. The normalized spacial score (nSPS) is 10.8. The van der Waals surface area contributed by atoms with E-state index in [1.165, 1.54) is 24.9 Å². The minimum atomic E-state index is -1.08. The molecule has 3 rings (SSSR count). The Morgan fingerprint density at radius 3 is 3.06 bits per heavy atom. The van der Waals surface area contributed by atoms with Gasteiger partial charge in [0.15, 0.2) is 5.69 Å². The number of carbonyl (C=O) groups is 1. The molecule has 0 aromatic carbocycles. The number of aromatic amines is 1. The molecule has 6 nitrogen and oxygen atoms in total. The number of carboxylic acids is 1. The van der Waals surface area contributed by atoms with E-state index >= 15 is 0 Å². The number of aromatic carboxylic acids is 1. The second-order valence-electron chi connectivity index (χ2n) is 3.47. The van der Waals surface area contributed by atoms with Crippen LogP contribution in [0.3, 0.4) is 0 Å². The van der Waals surface area contributed by atoms with E-state index in [1.807, 2.05) is 0 Å². The Hall–Kier alpha value is -2.63. The number of nitrogens with one attached hydrogen (secondary N) is 1. The summed E-state index contributed by atoms with van der Waals surface area (Å²) in [4.78, 5) is 22.0. The quantitative estimate of drug-likeness (QED) is 0.700. The molecule has 17 heavy (non-hydrogen) atoms. The monoisotopic (exact) mass is 229 g/mol. The van der Waals surface area contributed by atoms with Crippen LogP contribution in [-0.4, -0.2) is 26.0 Å². The molecule has 3 aromatic heterocycles. The lowest BCUT2D eigenvalue weighted by molar-refractivity contribution is 0.0691. The Morgan fingerprint density at radius 2 is 2.35 bits per heavy atom. The van der Waals surface area contributed by atoms with Crippen LogP contribution in [0, 0.1) is 0 Å². The zero-order chi connectivity index (χ0) is 11.8. The molecule has 3 aromatic rings. The smallest absolute Gasteiger partial charge is 0.354 e. The van der Waals surface area contributed by atoms with Gasteiger partial charge in [0.05, 0.1) is 24.4 Å².